The van der Waals surface area contributed by atoms with Gasteiger partial charge < -0.3 is 4.90 Å². The molecular formula is C15H19N5. The van der Waals surface area contributed by atoms with E-state index in [4.69, 9.17) is 0 Å². The molecule has 2 fully saturated rings. The molecule has 5 heteroatoms. The van der Waals surface area contributed by atoms with Gasteiger partial charge >= 0.3 is 0 Å². The molecule has 0 amide bonds. The molecule has 0 bridgehead atoms. The van der Waals surface area contributed by atoms with E-state index in [-0.39, 0.29) is 0 Å². The van der Waals surface area contributed by atoms with Crippen molar-refractivity contribution in [2.45, 2.75) is 26.2 Å². The molecule has 104 valence electrons. The van der Waals surface area contributed by atoms with Gasteiger partial charge in [-0.15, -0.1) is 10.2 Å². The van der Waals surface area contributed by atoms with E-state index in [1.807, 2.05) is 25.3 Å². The molecule has 2 aromatic heterocycles. The maximum Gasteiger partial charge on any atom is 0.175 e. The van der Waals surface area contributed by atoms with Crippen molar-refractivity contribution in [2.24, 2.45) is 11.8 Å². The summed E-state index contributed by atoms with van der Waals surface area (Å²) in [6.45, 7) is 4.28. The monoisotopic (exact) mass is 269 g/mol. The molecule has 1 aliphatic heterocycles. The molecule has 1 saturated carbocycles. The van der Waals surface area contributed by atoms with Gasteiger partial charge in [0.2, 0.25) is 0 Å². The van der Waals surface area contributed by atoms with Crippen LogP contribution in [-0.2, 0) is 0 Å². The van der Waals surface area contributed by atoms with Gasteiger partial charge in [0.25, 0.3) is 0 Å². The summed E-state index contributed by atoms with van der Waals surface area (Å²) in [5.74, 6) is 3.55. The summed E-state index contributed by atoms with van der Waals surface area (Å²) < 4.78 is 1.77. The van der Waals surface area contributed by atoms with Gasteiger partial charge in [0.15, 0.2) is 11.6 Å². The molecule has 1 saturated heterocycles. The Bertz CT molecular complexity index is 591. The minimum atomic E-state index is 0.779. The second kappa shape index (κ2) is 4.58. The molecule has 2 atom stereocenters. The number of anilines is 1. The Morgan fingerprint density at radius 3 is 2.30 bits per heavy atom. The Morgan fingerprint density at radius 1 is 1.00 bits per heavy atom. The predicted molar refractivity (Wildman–Crippen MR) is 76.9 cm³/mol. The first-order chi connectivity index (χ1) is 9.79. The van der Waals surface area contributed by atoms with Gasteiger partial charge in [-0.3, -0.25) is 0 Å². The maximum absolute atomic E-state index is 4.39. The van der Waals surface area contributed by atoms with Crippen LogP contribution in [0, 0.1) is 18.8 Å². The fourth-order valence-electron chi connectivity index (χ4n) is 3.57. The van der Waals surface area contributed by atoms with Crippen molar-refractivity contribution in [3.05, 3.63) is 30.1 Å². The van der Waals surface area contributed by atoms with E-state index < -0.39 is 0 Å². The van der Waals surface area contributed by atoms with Crippen LogP contribution < -0.4 is 4.90 Å². The highest BCUT2D eigenvalue weighted by atomic mass is 15.4. The molecule has 0 unspecified atom stereocenters. The topological polar surface area (TPSA) is 46.8 Å². The lowest BCUT2D eigenvalue weighted by molar-refractivity contribution is 0.494. The first-order valence-electron chi connectivity index (χ1n) is 7.41. The zero-order chi connectivity index (χ0) is 13.5. The Labute approximate surface area is 118 Å². The average Bonchev–Trinajstić information content (AvgIpc) is 3.13. The number of hydrogen-bond acceptors (Lipinski definition) is 4. The smallest absolute Gasteiger partial charge is 0.175 e. The van der Waals surface area contributed by atoms with Crippen LogP contribution in [0.2, 0.25) is 0 Å². The highest BCUT2D eigenvalue weighted by Crippen LogP contribution is 2.38. The number of nitrogens with zero attached hydrogens (tertiary/aromatic N) is 5. The quantitative estimate of drug-likeness (QED) is 0.838. The largest absolute Gasteiger partial charge is 0.355 e. The standard InChI is InChI=1S/C15H19N5/c1-11-7-8-20(18-11)15-6-5-14(16-17-15)19-9-12-3-2-4-13(12)10-19/h5-8,12-13H,2-4,9-10H2,1H3/t12-,13-/m0/s1. The molecule has 4 rings (SSSR count). The molecular weight excluding hydrogens is 250 g/mol. The summed E-state index contributed by atoms with van der Waals surface area (Å²) in [5.41, 5.74) is 0.989. The third-order valence-electron chi connectivity index (χ3n) is 4.64. The molecule has 2 aliphatic rings. The van der Waals surface area contributed by atoms with Crippen molar-refractivity contribution in [3.8, 4) is 5.82 Å². The predicted octanol–water partition coefficient (Wildman–Crippen LogP) is 2.21. The van der Waals surface area contributed by atoms with Gasteiger partial charge in [-0.25, -0.2) is 4.68 Å². The summed E-state index contributed by atoms with van der Waals surface area (Å²) >= 11 is 0. The lowest BCUT2D eigenvalue weighted by Gasteiger charge is -2.17. The molecule has 0 radical (unpaired) electrons. The molecule has 0 aromatic carbocycles. The van der Waals surface area contributed by atoms with Gasteiger partial charge in [0.1, 0.15) is 0 Å². The maximum atomic E-state index is 4.39. The van der Waals surface area contributed by atoms with E-state index in [0.717, 1.165) is 42.3 Å². The summed E-state index contributed by atoms with van der Waals surface area (Å²) in [6.07, 6.45) is 6.10. The van der Waals surface area contributed by atoms with Crippen LogP contribution in [0.5, 0.6) is 0 Å². The molecule has 5 nitrogen and oxygen atoms in total. The van der Waals surface area contributed by atoms with E-state index >= 15 is 0 Å². The minimum absolute atomic E-state index is 0.779. The minimum Gasteiger partial charge on any atom is -0.355 e. The molecule has 20 heavy (non-hydrogen) atoms. The first kappa shape index (κ1) is 11.9. The molecule has 1 aliphatic carbocycles. The Morgan fingerprint density at radius 2 is 1.70 bits per heavy atom. The highest BCUT2D eigenvalue weighted by molar-refractivity contribution is 5.41. The zero-order valence-corrected chi connectivity index (χ0v) is 11.7. The highest BCUT2D eigenvalue weighted by Gasteiger charge is 2.36. The fourth-order valence-corrected chi connectivity index (χ4v) is 3.57. The van der Waals surface area contributed by atoms with Crippen LogP contribution in [-0.4, -0.2) is 33.1 Å². The summed E-state index contributed by atoms with van der Waals surface area (Å²) in [4.78, 5) is 2.39. The van der Waals surface area contributed by atoms with E-state index in [1.54, 1.807) is 4.68 Å². The number of fused-ring (bicyclic) bond motifs is 1. The van der Waals surface area contributed by atoms with Crippen molar-refractivity contribution in [2.75, 3.05) is 18.0 Å². The van der Waals surface area contributed by atoms with E-state index in [0.29, 0.717) is 0 Å². The summed E-state index contributed by atoms with van der Waals surface area (Å²) in [6, 6.07) is 6.04. The van der Waals surface area contributed by atoms with E-state index in [1.165, 1.54) is 19.3 Å². The van der Waals surface area contributed by atoms with Gasteiger partial charge in [-0.05, 0) is 49.8 Å². The fraction of sp³-hybridized carbons (Fsp3) is 0.533. The van der Waals surface area contributed by atoms with E-state index in [2.05, 4.69) is 26.3 Å². The van der Waals surface area contributed by atoms with Crippen molar-refractivity contribution >= 4 is 5.82 Å². The third kappa shape index (κ3) is 1.97. The van der Waals surface area contributed by atoms with Gasteiger partial charge in [-0.1, -0.05) is 6.42 Å². The number of hydrogen-bond donors (Lipinski definition) is 0. The van der Waals surface area contributed by atoms with Gasteiger partial charge in [0, 0.05) is 19.3 Å². The van der Waals surface area contributed by atoms with Crippen molar-refractivity contribution < 1.29 is 0 Å². The van der Waals surface area contributed by atoms with Gasteiger partial charge in [0.05, 0.1) is 5.69 Å². The molecule has 2 aromatic rings. The zero-order valence-electron chi connectivity index (χ0n) is 11.7. The van der Waals surface area contributed by atoms with Crippen LogP contribution >= 0.6 is 0 Å². The summed E-state index contributed by atoms with van der Waals surface area (Å²) in [5, 5.41) is 13.1. The number of aromatic nitrogens is 4. The number of rotatable bonds is 2. The normalized spacial score (nSPS) is 25.1. The Kier molecular flexibility index (Phi) is 2.72. The van der Waals surface area contributed by atoms with Crippen LogP contribution in [0.15, 0.2) is 24.4 Å². The Hall–Kier alpha value is -1.91. The third-order valence-corrected chi connectivity index (χ3v) is 4.64. The Balaban J connectivity index is 1.53. The van der Waals surface area contributed by atoms with Crippen LogP contribution in [0.3, 0.4) is 0 Å². The molecule has 0 spiro atoms. The summed E-state index contributed by atoms with van der Waals surface area (Å²) in [7, 11) is 0. The lowest BCUT2D eigenvalue weighted by atomic mass is 10.0. The van der Waals surface area contributed by atoms with Crippen LogP contribution in [0.4, 0.5) is 5.82 Å². The average molecular weight is 269 g/mol. The number of aryl methyl sites for hydroxylation is 1. The SMILES string of the molecule is Cc1ccn(-c2ccc(N3C[C@@H]4CCC[C@H]4C3)nn2)n1. The van der Waals surface area contributed by atoms with Crippen molar-refractivity contribution in [1.82, 2.24) is 20.0 Å². The second-order valence-corrected chi connectivity index (χ2v) is 6.01. The van der Waals surface area contributed by atoms with Crippen LogP contribution in [0.1, 0.15) is 25.0 Å². The van der Waals surface area contributed by atoms with Crippen molar-refractivity contribution in [3.63, 3.8) is 0 Å². The van der Waals surface area contributed by atoms with Crippen molar-refractivity contribution in [1.29, 1.82) is 0 Å². The first-order valence-corrected chi connectivity index (χ1v) is 7.41. The molecule has 0 N–H and O–H groups in total. The van der Waals surface area contributed by atoms with Crippen LogP contribution in [0.25, 0.3) is 5.82 Å². The molecule has 3 heterocycles. The second-order valence-electron chi connectivity index (χ2n) is 6.01. The lowest BCUT2D eigenvalue weighted by Crippen LogP contribution is -2.22. The van der Waals surface area contributed by atoms with Gasteiger partial charge in [-0.2, -0.15) is 5.10 Å². The van der Waals surface area contributed by atoms with E-state index in [9.17, 15) is 0 Å².